The molecule has 0 spiro atoms. The minimum absolute atomic E-state index is 0.206. The van der Waals surface area contributed by atoms with E-state index in [1.54, 1.807) is 36.7 Å². The van der Waals surface area contributed by atoms with Crippen LogP contribution in [-0.2, 0) is 23.1 Å². The van der Waals surface area contributed by atoms with E-state index in [2.05, 4.69) is 25.4 Å². The first-order valence-electron chi connectivity index (χ1n) is 11.8. The van der Waals surface area contributed by atoms with Crippen molar-refractivity contribution in [2.24, 2.45) is 11.8 Å². The number of carbonyl (C=O) groups is 1. The lowest BCUT2D eigenvalue weighted by Crippen LogP contribution is -2.29. The van der Waals surface area contributed by atoms with Crippen molar-refractivity contribution in [3.8, 4) is 0 Å². The number of fused-ring (bicyclic) bond motifs is 3. The summed E-state index contributed by atoms with van der Waals surface area (Å²) in [7, 11) is -3.33. The molecule has 0 saturated heterocycles. The molecular formula is C24H30N6O3S. The van der Waals surface area contributed by atoms with Crippen LogP contribution in [-0.4, -0.2) is 41.4 Å². The fourth-order valence-electron chi connectivity index (χ4n) is 5.38. The van der Waals surface area contributed by atoms with Crippen molar-refractivity contribution >= 4 is 38.3 Å². The number of hydrogen-bond donors (Lipinski definition) is 3. The molecule has 0 radical (unpaired) electrons. The van der Waals surface area contributed by atoms with E-state index in [0.717, 1.165) is 40.9 Å². The molecule has 1 amide bonds. The Morgan fingerprint density at radius 1 is 1.15 bits per heavy atom. The van der Waals surface area contributed by atoms with Crippen LogP contribution in [0.3, 0.4) is 0 Å². The largest absolute Gasteiger partial charge is 0.381 e. The second kappa shape index (κ2) is 8.90. The Labute approximate surface area is 199 Å². The summed E-state index contributed by atoms with van der Waals surface area (Å²) >= 11 is 0. The van der Waals surface area contributed by atoms with E-state index in [4.69, 9.17) is 0 Å². The van der Waals surface area contributed by atoms with E-state index in [1.165, 1.54) is 19.3 Å². The van der Waals surface area contributed by atoms with Gasteiger partial charge >= 0.3 is 0 Å². The van der Waals surface area contributed by atoms with Crippen LogP contribution in [0, 0.1) is 11.8 Å². The summed E-state index contributed by atoms with van der Waals surface area (Å²) in [5.41, 5.74) is 3.45. The second-order valence-corrected chi connectivity index (χ2v) is 11.2. The molecule has 1 aromatic carbocycles. The third kappa shape index (κ3) is 4.59. The standard InChI is InChI=1S/C24H30N6O3S/c1-3-30-23-19(14-27-30)22(28-21-11-16-4-7-17(21)10-16)20(13-25-23)24(31)26-12-15-5-8-18(9-6-15)29-34(2,32)33/h5-6,8-9,13-14,16-17,21,29H,3-4,7,10-12H2,1-2H3,(H,25,28)(H,26,31). The molecule has 2 heterocycles. The van der Waals surface area contributed by atoms with Gasteiger partial charge in [0, 0.05) is 31.0 Å². The smallest absolute Gasteiger partial charge is 0.255 e. The number of pyridine rings is 1. The Morgan fingerprint density at radius 2 is 1.94 bits per heavy atom. The molecule has 34 heavy (non-hydrogen) atoms. The van der Waals surface area contributed by atoms with E-state index in [1.807, 2.05) is 11.6 Å². The normalized spacial score (nSPS) is 21.6. The monoisotopic (exact) mass is 482 g/mol. The highest BCUT2D eigenvalue weighted by Crippen LogP contribution is 2.46. The van der Waals surface area contributed by atoms with Crippen molar-refractivity contribution in [1.82, 2.24) is 20.1 Å². The number of hydrogen-bond acceptors (Lipinski definition) is 6. The summed E-state index contributed by atoms with van der Waals surface area (Å²) in [4.78, 5) is 17.8. The van der Waals surface area contributed by atoms with Gasteiger partial charge in [-0.25, -0.2) is 18.1 Å². The number of aryl methyl sites for hydroxylation is 1. The fraction of sp³-hybridized carbons (Fsp3) is 0.458. The van der Waals surface area contributed by atoms with Crippen molar-refractivity contribution in [2.75, 3.05) is 16.3 Å². The van der Waals surface area contributed by atoms with Gasteiger partial charge in [-0.1, -0.05) is 18.6 Å². The first kappa shape index (κ1) is 22.6. The lowest BCUT2D eigenvalue weighted by Gasteiger charge is -2.25. The molecule has 2 aliphatic carbocycles. The van der Waals surface area contributed by atoms with Crippen molar-refractivity contribution in [1.29, 1.82) is 0 Å². The van der Waals surface area contributed by atoms with Gasteiger partial charge in [0.15, 0.2) is 5.65 Å². The Bertz CT molecular complexity index is 1320. The Morgan fingerprint density at radius 3 is 2.59 bits per heavy atom. The van der Waals surface area contributed by atoms with Crippen LogP contribution in [0.25, 0.3) is 11.0 Å². The zero-order valence-electron chi connectivity index (χ0n) is 19.4. The van der Waals surface area contributed by atoms with E-state index >= 15 is 0 Å². The highest BCUT2D eigenvalue weighted by molar-refractivity contribution is 7.92. The molecule has 9 nitrogen and oxygen atoms in total. The first-order chi connectivity index (χ1) is 16.3. The fourth-order valence-corrected chi connectivity index (χ4v) is 5.94. The summed E-state index contributed by atoms with van der Waals surface area (Å²) < 4.78 is 27.0. The highest BCUT2D eigenvalue weighted by Gasteiger charge is 2.40. The Kier molecular flexibility index (Phi) is 5.93. The van der Waals surface area contributed by atoms with E-state index in [0.29, 0.717) is 36.3 Å². The van der Waals surface area contributed by atoms with Crippen LogP contribution < -0.4 is 15.4 Å². The van der Waals surface area contributed by atoms with E-state index < -0.39 is 10.0 Å². The zero-order chi connectivity index (χ0) is 23.9. The lowest BCUT2D eigenvalue weighted by atomic mass is 9.94. The minimum atomic E-state index is -3.33. The number of benzene rings is 1. The van der Waals surface area contributed by atoms with Crippen molar-refractivity contribution in [3.05, 3.63) is 47.8 Å². The number of carbonyl (C=O) groups excluding carboxylic acids is 1. The Hall–Kier alpha value is -3.14. The van der Waals surface area contributed by atoms with Crippen LogP contribution in [0.4, 0.5) is 11.4 Å². The third-order valence-corrected chi connectivity index (χ3v) is 7.59. The number of nitrogens with one attached hydrogen (secondary N) is 3. The van der Waals surface area contributed by atoms with Gasteiger partial charge in [-0.05, 0) is 55.7 Å². The molecule has 2 saturated carbocycles. The van der Waals surface area contributed by atoms with Crippen molar-refractivity contribution < 1.29 is 13.2 Å². The predicted molar refractivity (Wildman–Crippen MR) is 132 cm³/mol. The molecule has 10 heteroatoms. The van der Waals surface area contributed by atoms with Gasteiger partial charge in [-0.2, -0.15) is 5.10 Å². The topological polar surface area (TPSA) is 118 Å². The lowest BCUT2D eigenvalue weighted by molar-refractivity contribution is 0.0951. The molecule has 3 N–H and O–H groups in total. The summed E-state index contributed by atoms with van der Waals surface area (Å²) in [5, 5.41) is 12.0. The zero-order valence-corrected chi connectivity index (χ0v) is 20.2. The van der Waals surface area contributed by atoms with Crippen LogP contribution >= 0.6 is 0 Å². The molecule has 3 unspecified atom stereocenters. The van der Waals surface area contributed by atoms with Gasteiger partial charge in [0.05, 0.1) is 29.1 Å². The first-order valence-corrected chi connectivity index (χ1v) is 13.7. The van der Waals surface area contributed by atoms with Gasteiger partial charge in [0.1, 0.15) is 0 Å². The number of anilines is 2. The maximum absolute atomic E-state index is 13.2. The molecular weight excluding hydrogens is 452 g/mol. The van der Waals surface area contributed by atoms with E-state index in [-0.39, 0.29) is 5.91 Å². The molecule has 3 atom stereocenters. The average Bonchev–Trinajstić information content (AvgIpc) is 3.53. The predicted octanol–water partition coefficient (Wildman–Crippen LogP) is 3.35. The summed E-state index contributed by atoms with van der Waals surface area (Å²) in [6, 6.07) is 7.30. The van der Waals surface area contributed by atoms with Gasteiger partial charge in [-0.3, -0.25) is 9.52 Å². The van der Waals surface area contributed by atoms with Crippen LogP contribution in [0.1, 0.15) is 48.5 Å². The number of rotatable bonds is 8. The molecule has 3 aromatic rings. The maximum atomic E-state index is 13.2. The van der Waals surface area contributed by atoms with Crippen molar-refractivity contribution in [3.63, 3.8) is 0 Å². The van der Waals surface area contributed by atoms with Gasteiger partial charge in [0.25, 0.3) is 5.91 Å². The summed E-state index contributed by atoms with van der Waals surface area (Å²) in [6.45, 7) is 3.05. The summed E-state index contributed by atoms with van der Waals surface area (Å²) in [5.74, 6) is 1.24. The molecule has 5 rings (SSSR count). The van der Waals surface area contributed by atoms with Gasteiger partial charge in [-0.15, -0.1) is 0 Å². The number of aromatic nitrogens is 3. The summed E-state index contributed by atoms with van der Waals surface area (Å²) in [6.07, 6.45) is 9.52. The number of nitrogens with zero attached hydrogens (tertiary/aromatic N) is 3. The highest BCUT2D eigenvalue weighted by atomic mass is 32.2. The van der Waals surface area contributed by atoms with Crippen LogP contribution in [0.5, 0.6) is 0 Å². The number of amides is 1. The molecule has 2 aromatic heterocycles. The second-order valence-electron chi connectivity index (χ2n) is 9.42. The SMILES string of the molecule is CCn1ncc2c(NC3CC4CCC3C4)c(C(=O)NCc3ccc(NS(C)(=O)=O)cc3)cnc21. The quantitative estimate of drug-likeness (QED) is 0.453. The number of sulfonamides is 1. The Balaban J connectivity index is 1.36. The van der Waals surface area contributed by atoms with Gasteiger partial charge < -0.3 is 10.6 Å². The van der Waals surface area contributed by atoms with Crippen LogP contribution in [0.15, 0.2) is 36.7 Å². The molecule has 2 bridgehead atoms. The molecule has 0 aliphatic heterocycles. The van der Waals surface area contributed by atoms with Gasteiger partial charge in [0.2, 0.25) is 10.0 Å². The minimum Gasteiger partial charge on any atom is -0.381 e. The average molecular weight is 483 g/mol. The third-order valence-electron chi connectivity index (χ3n) is 6.99. The van der Waals surface area contributed by atoms with E-state index in [9.17, 15) is 13.2 Å². The molecule has 2 aliphatic rings. The van der Waals surface area contributed by atoms with Crippen molar-refractivity contribution in [2.45, 2.75) is 51.7 Å². The molecule has 180 valence electrons. The maximum Gasteiger partial charge on any atom is 0.255 e. The molecule has 2 fully saturated rings. The van der Waals surface area contributed by atoms with Crippen LogP contribution in [0.2, 0.25) is 0 Å².